The number of methoxy groups -OCH3 is 1. The third-order valence-electron chi connectivity index (χ3n) is 4.22. The van der Waals surface area contributed by atoms with Gasteiger partial charge in [0.05, 0.1) is 12.3 Å². The van der Waals surface area contributed by atoms with Crippen LogP contribution in [0.25, 0.3) is 28.0 Å². The molecule has 2 heterocycles. The molecule has 0 spiro atoms. The average Bonchev–Trinajstić information content (AvgIpc) is 3.06. The van der Waals surface area contributed by atoms with Crippen molar-refractivity contribution in [2.75, 3.05) is 7.11 Å². The zero-order valence-corrected chi connectivity index (χ0v) is 15.8. The Labute approximate surface area is 163 Å². The molecule has 4 rings (SSSR count). The van der Waals surface area contributed by atoms with E-state index in [1.165, 1.54) is 11.1 Å². The topological polar surface area (TPSA) is 26.5 Å². The first-order valence-electron chi connectivity index (χ1n) is 8.06. The van der Waals surface area contributed by atoms with E-state index in [1.807, 2.05) is 48.7 Å². The Balaban J connectivity index is 0.00000196. The van der Waals surface area contributed by atoms with Crippen molar-refractivity contribution in [2.45, 2.75) is 6.61 Å². The maximum atomic E-state index is 5.97. The lowest BCUT2D eigenvalue weighted by Crippen LogP contribution is -1.93. The molecule has 0 fully saturated rings. The lowest BCUT2D eigenvalue weighted by atomic mass is 10.0. The molecular weight excluding hydrogens is 367 g/mol. The second-order valence-corrected chi connectivity index (χ2v) is 6.34. The van der Waals surface area contributed by atoms with Crippen molar-refractivity contribution in [1.29, 1.82) is 0 Å². The summed E-state index contributed by atoms with van der Waals surface area (Å²) in [7, 11) is 1.72. The average molecular weight is 385 g/mol. The number of imidazole rings is 1. The molecule has 0 aliphatic rings. The van der Waals surface area contributed by atoms with Gasteiger partial charge in [-0.3, -0.25) is 0 Å². The van der Waals surface area contributed by atoms with Gasteiger partial charge in [-0.15, -0.1) is 12.4 Å². The van der Waals surface area contributed by atoms with Crippen LogP contribution in [0, 0.1) is 0 Å². The van der Waals surface area contributed by atoms with Crippen molar-refractivity contribution in [1.82, 2.24) is 9.38 Å². The Morgan fingerprint density at radius 3 is 2.42 bits per heavy atom. The van der Waals surface area contributed by atoms with Gasteiger partial charge < -0.3 is 9.14 Å². The largest absolute Gasteiger partial charge is 0.380 e. The summed E-state index contributed by atoms with van der Waals surface area (Å²) in [6.45, 7) is 0.591. The molecule has 0 atom stereocenters. The summed E-state index contributed by atoms with van der Waals surface area (Å²) in [5.41, 5.74) is 6.38. The predicted octanol–water partition coefficient (Wildman–Crippen LogP) is 5.89. The minimum Gasteiger partial charge on any atom is -0.380 e. The fraction of sp³-hybridized carbons (Fsp3) is 0.0952. The third kappa shape index (κ3) is 3.61. The van der Waals surface area contributed by atoms with E-state index in [1.54, 1.807) is 7.11 Å². The number of aromatic nitrogens is 2. The van der Waals surface area contributed by atoms with Gasteiger partial charge in [-0.05, 0) is 41.0 Å². The van der Waals surface area contributed by atoms with Gasteiger partial charge in [0.2, 0.25) is 0 Å². The van der Waals surface area contributed by atoms with Gasteiger partial charge in [0, 0.05) is 30.1 Å². The quantitative estimate of drug-likeness (QED) is 0.438. The molecule has 0 saturated heterocycles. The van der Waals surface area contributed by atoms with Crippen LogP contribution in [0.2, 0.25) is 5.02 Å². The van der Waals surface area contributed by atoms with Gasteiger partial charge in [-0.25, -0.2) is 4.98 Å². The summed E-state index contributed by atoms with van der Waals surface area (Å²) in [6, 6.07) is 20.2. The normalized spacial score (nSPS) is 10.7. The highest BCUT2D eigenvalue weighted by Gasteiger charge is 2.08. The standard InChI is InChI=1S/C21H17ClN2O.ClH/c1-25-14-17-4-2-3-5-19(17)16-8-11-21-23-20(13-24(21)12-16)15-6-9-18(22)10-7-15;/h2-13H,14H2,1H3;1H. The number of hydrogen-bond acceptors (Lipinski definition) is 2. The van der Waals surface area contributed by atoms with Gasteiger partial charge >= 0.3 is 0 Å². The van der Waals surface area contributed by atoms with Crippen molar-refractivity contribution in [3.8, 4) is 22.4 Å². The molecule has 4 aromatic rings. The molecule has 5 heteroatoms. The maximum Gasteiger partial charge on any atom is 0.137 e. The van der Waals surface area contributed by atoms with Gasteiger partial charge in [0.15, 0.2) is 0 Å². The lowest BCUT2D eigenvalue weighted by molar-refractivity contribution is 0.185. The second kappa shape index (κ2) is 7.92. The SMILES string of the molecule is COCc1ccccc1-c1ccc2nc(-c3ccc(Cl)cc3)cn2c1.Cl. The molecule has 3 nitrogen and oxygen atoms in total. The minimum absolute atomic E-state index is 0. The van der Waals surface area contributed by atoms with Crippen LogP contribution in [0.3, 0.4) is 0 Å². The van der Waals surface area contributed by atoms with Gasteiger partial charge in [0.25, 0.3) is 0 Å². The maximum absolute atomic E-state index is 5.97. The highest BCUT2D eigenvalue weighted by atomic mass is 35.5. The van der Waals surface area contributed by atoms with Gasteiger partial charge in [-0.2, -0.15) is 0 Å². The molecule has 2 aromatic heterocycles. The van der Waals surface area contributed by atoms with Crippen LogP contribution in [0.5, 0.6) is 0 Å². The van der Waals surface area contributed by atoms with E-state index in [0.717, 1.165) is 27.5 Å². The van der Waals surface area contributed by atoms with Crippen LogP contribution in [0.4, 0.5) is 0 Å². The van der Waals surface area contributed by atoms with E-state index < -0.39 is 0 Å². The van der Waals surface area contributed by atoms with Crippen LogP contribution in [-0.2, 0) is 11.3 Å². The monoisotopic (exact) mass is 384 g/mol. The Kier molecular flexibility index (Phi) is 5.62. The highest BCUT2D eigenvalue weighted by Crippen LogP contribution is 2.27. The molecule has 0 radical (unpaired) electrons. The fourth-order valence-electron chi connectivity index (χ4n) is 2.99. The van der Waals surface area contributed by atoms with Crippen LogP contribution in [0.1, 0.15) is 5.56 Å². The highest BCUT2D eigenvalue weighted by molar-refractivity contribution is 6.30. The van der Waals surface area contributed by atoms with Gasteiger partial charge in [0.1, 0.15) is 5.65 Å². The Bertz CT molecular complexity index is 1030. The predicted molar refractivity (Wildman–Crippen MR) is 109 cm³/mol. The molecule has 0 aliphatic heterocycles. The van der Waals surface area contributed by atoms with Crippen LogP contribution in [0.15, 0.2) is 73.1 Å². The summed E-state index contributed by atoms with van der Waals surface area (Å²) >= 11 is 5.97. The number of halogens is 2. The van der Waals surface area contributed by atoms with Gasteiger partial charge in [-0.1, -0.05) is 48.0 Å². The van der Waals surface area contributed by atoms with Crippen molar-refractivity contribution < 1.29 is 4.74 Å². The fourth-order valence-corrected chi connectivity index (χ4v) is 3.12. The number of benzene rings is 2. The molecule has 0 aliphatic carbocycles. The third-order valence-corrected chi connectivity index (χ3v) is 4.47. The number of rotatable bonds is 4. The number of ether oxygens (including phenoxy) is 1. The summed E-state index contributed by atoms with van der Waals surface area (Å²) in [5.74, 6) is 0. The molecule has 0 saturated carbocycles. The Morgan fingerprint density at radius 1 is 0.923 bits per heavy atom. The number of pyridine rings is 1. The smallest absolute Gasteiger partial charge is 0.137 e. The number of fused-ring (bicyclic) bond motifs is 1. The summed E-state index contributed by atoms with van der Waals surface area (Å²) < 4.78 is 7.38. The first kappa shape index (κ1) is 18.5. The van der Waals surface area contributed by atoms with E-state index >= 15 is 0 Å². The molecule has 132 valence electrons. The van der Waals surface area contributed by atoms with E-state index in [0.29, 0.717) is 6.61 Å². The van der Waals surface area contributed by atoms with Crippen molar-refractivity contribution in [3.05, 3.63) is 83.6 Å². The molecular formula is C21H18Cl2N2O. The Morgan fingerprint density at radius 2 is 1.65 bits per heavy atom. The van der Waals surface area contributed by atoms with Crippen LogP contribution >= 0.6 is 24.0 Å². The second-order valence-electron chi connectivity index (χ2n) is 5.91. The van der Waals surface area contributed by atoms with Crippen LogP contribution < -0.4 is 0 Å². The molecule has 0 N–H and O–H groups in total. The van der Waals surface area contributed by atoms with Crippen LogP contribution in [-0.4, -0.2) is 16.5 Å². The zero-order valence-electron chi connectivity index (χ0n) is 14.2. The lowest BCUT2D eigenvalue weighted by Gasteiger charge is -2.09. The first-order chi connectivity index (χ1) is 12.2. The summed E-state index contributed by atoms with van der Waals surface area (Å²) in [5, 5.41) is 0.726. The molecule has 0 unspecified atom stereocenters. The van der Waals surface area contributed by atoms with E-state index in [9.17, 15) is 0 Å². The summed E-state index contributed by atoms with van der Waals surface area (Å²) in [4.78, 5) is 4.70. The molecule has 0 bridgehead atoms. The number of nitrogens with zero attached hydrogens (tertiary/aromatic N) is 2. The van der Waals surface area contributed by atoms with E-state index in [4.69, 9.17) is 21.3 Å². The first-order valence-corrected chi connectivity index (χ1v) is 8.44. The molecule has 2 aromatic carbocycles. The Hall–Kier alpha value is -2.33. The zero-order chi connectivity index (χ0) is 17.2. The molecule has 26 heavy (non-hydrogen) atoms. The van der Waals surface area contributed by atoms with Crippen molar-refractivity contribution in [3.63, 3.8) is 0 Å². The minimum atomic E-state index is 0. The van der Waals surface area contributed by atoms with E-state index in [2.05, 4.69) is 28.8 Å². The van der Waals surface area contributed by atoms with E-state index in [-0.39, 0.29) is 12.4 Å². The van der Waals surface area contributed by atoms with Crippen molar-refractivity contribution in [2.24, 2.45) is 0 Å². The molecule has 0 amide bonds. The number of hydrogen-bond donors (Lipinski definition) is 0. The van der Waals surface area contributed by atoms with Crippen molar-refractivity contribution >= 4 is 29.7 Å². The summed E-state index contributed by atoms with van der Waals surface area (Å²) in [6.07, 6.45) is 4.15.